The lowest BCUT2D eigenvalue weighted by Gasteiger charge is -2.16. The first-order valence-corrected chi connectivity index (χ1v) is 9.58. The molecule has 3 aromatic rings. The van der Waals surface area contributed by atoms with Crippen LogP contribution in [0.15, 0.2) is 54.6 Å². The second-order valence-corrected chi connectivity index (χ2v) is 7.66. The van der Waals surface area contributed by atoms with Gasteiger partial charge in [-0.3, -0.25) is 0 Å². The Bertz CT molecular complexity index is 896. The molecule has 0 fully saturated rings. The van der Waals surface area contributed by atoms with Crippen LogP contribution in [0.3, 0.4) is 0 Å². The molecule has 0 saturated carbocycles. The van der Waals surface area contributed by atoms with Crippen molar-refractivity contribution in [2.24, 2.45) is 5.92 Å². The zero-order valence-electron chi connectivity index (χ0n) is 15.5. The largest absolute Gasteiger partial charge is 0.488 e. The molecule has 0 heterocycles. The van der Waals surface area contributed by atoms with Crippen LogP contribution in [-0.2, 0) is 13.2 Å². The normalized spacial score (nSPS) is 10.9. The van der Waals surface area contributed by atoms with Gasteiger partial charge in [-0.2, -0.15) is 0 Å². The van der Waals surface area contributed by atoms with E-state index in [-0.39, 0.29) is 12.4 Å². The summed E-state index contributed by atoms with van der Waals surface area (Å²) in [6.07, 6.45) is 0. The quantitative estimate of drug-likeness (QED) is 0.445. The Hall–Kier alpha value is -1.45. The molecule has 144 valence electrons. The van der Waals surface area contributed by atoms with E-state index in [1.807, 2.05) is 18.2 Å². The van der Waals surface area contributed by atoms with Gasteiger partial charge in [-0.15, -0.1) is 12.4 Å². The lowest BCUT2D eigenvalue weighted by molar-refractivity contribution is 0.302. The van der Waals surface area contributed by atoms with Crippen molar-refractivity contribution in [3.05, 3.63) is 75.8 Å². The smallest absolute Gasteiger partial charge is 0.124 e. The maximum Gasteiger partial charge on any atom is 0.124 e. The minimum Gasteiger partial charge on any atom is -0.488 e. The molecule has 0 unspecified atom stereocenters. The minimum atomic E-state index is 0. The number of rotatable bonds is 7. The summed E-state index contributed by atoms with van der Waals surface area (Å²) in [4.78, 5) is 0. The highest BCUT2D eigenvalue weighted by molar-refractivity contribution is 6.35. The Morgan fingerprint density at radius 2 is 1.78 bits per heavy atom. The number of halogens is 3. The minimum absolute atomic E-state index is 0. The number of benzene rings is 3. The first-order chi connectivity index (χ1) is 12.5. The summed E-state index contributed by atoms with van der Waals surface area (Å²) in [6.45, 7) is 6.55. The highest BCUT2D eigenvalue weighted by Gasteiger charge is 2.10. The maximum absolute atomic E-state index is 6.27. The van der Waals surface area contributed by atoms with Gasteiger partial charge in [0.25, 0.3) is 0 Å². The zero-order chi connectivity index (χ0) is 18.5. The SMILES string of the molecule is CC(C)CNCc1c(OCc2ccc(Cl)cc2Cl)ccc2ccccc12.Cl. The van der Waals surface area contributed by atoms with Crippen LogP contribution in [0, 0.1) is 5.92 Å². The molecule has 0 atom stereocenters. The summed E-state index contributed by atoms with van der Waals surface area (Å²) in [5, 5.41) is 7.20. The van der Waals surface area contributed by atoms with E-state index in [0.717, 1.165) is 24.4 Å². The molecule has 0 aliphatic rings. The van der Waals surface area contributed by atoms with Crippen LogP contribution in [0.5, 0.6) is 5.75 Å². The van der Waals surface area contributed by atoms with Crippen LogP contribution in [0.25, 0.3) is 10.8 Å². The van der Waals surface area contributed by atoms with Crippen LogP contribution < -0.4 is 10.1 Å². The number of fused-ring (bicyclic) bond motifs is 1. The summed E-state index contributed by atoms with van der Waals surface area (Å²) in [7, 11) is 0. The zero-order valence-corrected chi connectivity index (χ0v) is 17.8. The molecule has 3 rings (SSSR count). The highest BCUT2D eigenvalue weighted by Crippen LogP contribution is 2.30. The lowest BCUT2D eigenvalue weighted by Crippen LogP contribution is -2.19. The van der Waals surface area contributed by atoms with Crippen LogP contribution in [0.1, 0.15) is 25.0 Å². The summed E-state index contributed by atoms with van der Waals surface area (Å²) in [5.41, 5.74) is 2.10. The van der Waals surface area contributed by atoms with Crippen LogP contribution in [-0.4, -0.2) is 6.54 Å². The molecule has 0 aliphatic carbocycles. The van der Waals surface area contributed by atoms with Gasteiger partial charge in [0.05, 0.1) is 0 Å². The molecule has 0 saturated heterocycles. The third-order valence-corrected chi connectivity index (χ3v) is 4.84. The average Bonchev–Trinajstić information content (AvgIpc) is 2.61. The summed E-state index contributed by atoms with van der Waals surface area (Å²) >= 11 is 12.2. The molecule has 2 nitrogen and oxygen atoms in total. The Kier molecular flexibility index (Phi) is 8.25. The number of nitrogens with one attached hydrogen (secondary N) is 1. The summed E-state index contributed by atoms with van der Waals surface area (Å²) < 4.78 is 6.14. The van der Waals surface area contributed by atoms with E-state index in [1.54, 1.807) is 6.07 Å². The molecule has 5 heteroatoms. The van der Waals surface area contributed by atoms with Crippen molar-refractivity contribution >= 4 is 46.4 Å². The molecule has 0 aliphatic heterocycles. The molecular formula is C22H24Cl3NO. The van der Waals surface area contributed by atoms with E-state index in [1.165, 1.54) is 16.3 Å². The predicted octanol–water partition coefficient (Wildman–Crippen LogP) is 6.89. The van der Waals surface area contributed by atoms with Gasteiger partial charge in [0.2, 0.25) is 0 Å². The monoisotopic (exact) mass is 423 g/mol. The molecular weight excluding hydrogens is 401 g/mol. The summed E-state index contributed by atoms with van der Waals surface area (Å²) in [5.74, 6) is 1.48. The van der Waals surface area contributed by atoms with Crippen molar-refractivity contribution in [2.45, 2.75) is 27.0 Å². The number of ether oxygens (including phenoxy) is 1. The van der Waals surface area contributed by atoms with E-state index in [2.05, 4.69) is 49.5 Å². The van der Waals surface area contributed by atoms with Crippen molar-refractivity contribution in [1.82, 2.24) is 5.32 Å². The molecule has 1 N–H and O–H groups in total. The van der Waals surface area contributed by atoms with Gasteiger partial charge in [0.1, 0.15) is 12.4 Å². The maximum atomic E-state index is 6.27. The van der Waals surface area contributed by atoms with Crippen LogP contribution >= 0.6 is 35.6 Å². The van der Waals surface area contributed by atoms with Gasteiger partial charge in [-0.1, -0.05) is 73.4 Å². The lowest BCUT2D eigenvalue weighted by atomic mass is 10.0. The fourth-order valence-electron chi connectivity index (χ4n) is 2.91. The van der Waals surface area contributed by atoms with Crippen molar-refractivity contribution in [3.8, 4) is 5.75 Å². The third-order valence-electron chi connectivity index (χ3n) is 4.25. The van der Waals surface area contributed by atoms with E-state index in [9.17, 15) is 0 Å². The van der Waals surface area contributed by atoms with E-state index < -0.39 is 0 Å². The first kappa shape index (κ1) is 21.8. The van der Waals surface area contributed by atoms with Gasteiger partial charge < -0.3 is 10.1 Å². The Labute approximate surface area is 177 Å². The standard InChI is InChI=1S/C22H23Cl2NO.ClH/c1-15(2)12-25-13-20-19-6-4-3-5-16(19)8-10-22(20)26-14-17-7-9-18(23)11-21(17)24;/h3-11,15,25H,12-14H2,1-2H3;1H. The van der Waals surface area contributed by atoms with Crippen molar-refractivity contribution in [2.75, 3.05) is 6.54 Å². The molecule has 3 aromatic carbocycles. The number of hydrogen-bond donors (Lipinski definition) is 1. The van der Waals surface area contributed by atoms with Gasteiger partial charge in [0.15, 0.2) is 0 Å². The van der Waals surface area contributed by atoms with Gasteiger partial charge >= 0.3 is 0 Å². The highest BCUT2D eigenvalue weighted by atomic mass is 35.5. The molecule has 0 radical (unpaired) electrons. The second kappa shape index (κ2) is 10.2. The van der Waals surface area contributed by atoms with Crippen molar-refractivity contribution in [3.63, 3.8) is 0 Å². The Balaban J connectivity index is 0.00000261. The topological polar surface area (TPSA) is 21.3 Å². The average molecular weight is 425 g/mol. The molecule has 0 spiro atoms. The fourth-order valence-corrected chi connectivity index (χ4v) is 3.38. The van der Waals surface area contributed by atoms with E-state index in [4.69, 9.17) is 27.9 Å². The molecule has 0 amide bonds. The van der Waals surface area contributed by atoms with Crippen molar-refractivity contribution in [1.29, 1.82) is 0 Å². The third kappa shape index (κ3) is 5.76. The second-order valence-electron chi connectivity index (χ2n) is 6.81. The predicted molar refractivity (Wildman–Crippen MR) is 119 cm³/mol. The molecule has 0 bridgehead atoms. The van der Waals surface area contributed by atoms with Gasteiger partial charge in [-0.05, 0) is 41.4 Å². The van der Waals surface area contributed by atoms with E-state index >= 15 is 0 Å². The Morgan fingerprint density at radius 3 is 2.52 bits per heavy atom. The summed E-state index contributed by atoms with van der Waals surface area (Å²) in [6, 6.07) is 18.0. The van der Waals surface area contributed by atoms with Gasteiger partial charge in [0, 0.05) is 27.7 Å². The molecule has 0 aromatic heterocycles. The first-order valence-electron chi connectivity index (χ1n) is 8.82. The van der Waals surface area contributed by atoms with Crippen LogP contribution in [0.4, 0.5) is 0 Å². The van der Waals surface area contributed by atoms with Crippen molar-refractivity contribution < 1.29 is 4.74 Å². The number of hydrogen-bond acceptors (Lipinski definition) is 2. The van der Waals surface area contributed by atoms with Gasteiger partial charge in [-0.25, -0.2) is 0 Å². The molecule has 27 heavy (non-hydrogen) atoms. The van der Waals surface area contributed by atoms with E-state index in [0.29, 0.717) is 22.6 Å². The van der Waals surface area contributed by atoms with Crippen LogP contribution in [0.2, 0.25) is 10.0 Å². The Morgan fingerprint density at radius 1 is 1.00 bits per heavy atom. The fraction of sp³-hybridized carbons (Fsp3) is 0.273.